The molecule has 1 aromatic heterocycles. The third kappa shape index (κ3) is 3.94. The number of nitrogens with zero attached hydrogens (tertiary/aromatic N) is 1. The predicted molar refractivity (Wildman–Crippen MR) is 102 cm³/mol. The minimum Gasteiger partial charge on any atom is -0.365 e. The van der Waals surface area contributed by atoms with Crippen LogP contribution in [0.3, 0.4) is 0 Å². The van der Waals surface area contributed by atoms with E-state index in [9.17, 15) is 18.0 Å². The Morgan fingerprint density at radius 1 is 1.31 bits per heavy atom. The van der Waals surface area contributed by atoms with Gasteiger partial charge in [0.25, 0.3) is 5.91 Å². The highest BCUT2D eigenvalue weighted by atomic mass is 32.2. The monoisotopic (exact) mass is 399 g/mol. The minimum absolute atomic E-state index is 0.179. The van der Waals surface area contributed by atoms with Crippen LogP contribution < -0.4 is 11.1 Å². The molecule has 0 spiro atoms. The Labute approximate surface area is 158 Å². The van der Waals surface area contributed by atoms with E-state index in [-0.39, 0.29) is 12.5 Å². The number of thiophene rings is 1. The summed E-state index contributed by atoms with van der Waals surface area (Å²) in [5.41, 5.74) is 6.98. The van der Waals surface area contributed by atoms with Crippen molar-refractivity contribution in [3.05, 3.63) is 16.0 Å². The second-order valence-corrected chi connectivity index (χ2v) is 10.5. The molecule has 26 heavy (non-hydrogen) atoms. The van der Waals surface area contributed by atoms with Gasteiger partial charge in [-0.1, -0.05) is 6.92 Å². The van der Waals surface area contributed by atoms with Crippen LogP contribution in [-0.4, -0.2) is 43.9 Å². The molecule has 1 fully saturated rings. The van der Waals surface area contributed by atoms with Crippen molar-refractivity contribution in [2.45, 2.75) is 39.0 Å². The highest BCUT2D eigenvalue weighted by Gasteiger charge is 2.32. The number of carbonyl (C=O) groups is 2. The summed E-state index contributed by atoms with van der Waals surface area (Å²) in [6.45, 7) is 2.80. The summed E-state index contributed by atoms with van der Waals surface area (Å²) < 4.78 is 24.9. The van der Waals surface area contributed by atoms with Crippen LogP contribution >= 0.6 is 11.3 Å². The van der Waals surface area contributed by atoms with Gasteiger partial charge in [0, 0.05) is 18.0 Å². The molecule has 1 aliphatic heterocycles. The Bertz CT molecular complexity index is 831. The van der Waals surface area contributed by atoms with Crippen LogP contribution in [0.25, 0.3) is 0 Å². The normalized spacial score (nSPS) is 24.1. The van der Waals surface area contributed by atoms with Crippen LogP contribution in [0, 0.1) is 11.8 Å². The maximum Gasteiger partial charge on any atom is 0.251 e. The van der Waals surface area contributed by atoms with Gasteiger partial charge in [-0.15, -0.1) is 11.3 Å². The fraction of sp³-hybridized carbons (Fsp3) is 0.647. The lowest BCUT2D eigenvalue weighted by Gasteiger charge is -2.30. The number of hydrogen-bond donors (Lipinski definition) is 2. The number of rotatable bonds is 4. The fourth-order valence-electron chi connectivity index (χ4n) is 3.77. The van der Waals surface area contributed by atoms with Crippen LogP contribution in [-0.2, 0) is 27.7 Å². The smallest absolute Gasteiger partial charge is 0.251 e. The molecule has 1 aliphatic carbocycles. The Kier molecular flexibility index (Phi) is 5.41. The minimum atomic E-state index is -3.31. The average molecular weight is 400 g/mol. The number of hydrogen-bond acceptors (Lipinski definition) is 5. The lowest BCUT2D eigenvalue weighted by atomic mass is 9.88. The van der Waals surface area contributed by atoms with Crippen molar-refractivity contribution >= 4 is 38.2 Å². The zero-order valence-electron chi connectivity index (χ0n) is 15.1. The number of anilines is 1. The standard InChI is InChI=1S/C17H25N3O4S2/c1-10-5-6-12-13(8-10)25-17(14(12)15(18)21)19-16(22)11-4-3-7-20(9-11)26(2,23)24/h10-11H,3-9H2,1-2H3,(H2,18,21)(H,19,22)/t10-,11-/m1/s1. The summed E-state index contributed by atoms with van der Waals surface area (Å²) in [6.07, 6.45) is 5.13. The SMILES string of the molecule is C[C@@H]1CCc2c(sc(NC(=O)[C@@H]3CCCN(S(C)(=O)=O)C3)c2C(N)=O)C1. The van der Waals surface area contributed by atoms with Gasteiger partial charge < -0.3 is 11.1 Å². The van der Waals surface area contributed by atoms with E-state index in [1.54, 1.807) is 0 Å². The molecular formula is C17H25N3O4S2. The molecule has 144 valence electrons. The van der Waals surface area contributed by atoms with Crippen molar-refractivity contribution in [2.75, 3.05) is 24.7 Å². The number of nitrogens with two attached hydrogens (primary N) is 1. The molecule has 0 bridgehead atoms. The third-order valence-corrected chi connectivity index (χ3v) is 7.66. The van der Waals surface area contributed by atoms with Gasteiger partial charge in [0.1, 0.15) is 5.00 Å². The maximum absolute atomic E-state index is 12.7. The van der Waals surface area contributed by atoms with Crippen molar-refractivity contribution in [1.82, 2.24) is 4.31 Å². The zero-order chi connectivity index (χ0) is 19.1. The van der Waals surface area contributed by atoms with Crippen LogP contribution in [0.5, 0.6) is 0 Å². The molecular weight excluding hydrogens is 374 g/mol. The third-order valence-electron chi connectivity index (χ3n) is 5.22. The Morgan fingerprint density at radius 2 is 2.04 bits per heavy atom. The summed E-state index contributed by atoms with van der Waals surface area (Å²) in [6, 6.07) is 0. The van der Waals surface area contributed by atoms with Gasteiger partial charge in [-0.05, 0) is 43.6 Å². The second-order valence-electron chi connectivity index (χ2n) is 7.37. The van der Waals surface area contributed by atoms with E-state index < -0.39 is 21.8 Å². The van der Waals surface area contributed by atoms with Crippen molar-refractivity contribution in [3.63, 3.8) is 0 Å². The van der Waals surface area contributed by atoms with Crippen LogP contribution in [0.1, 0.15) is 47.0 Å². The first-order valence-electron chi connectivity index (χ1n) is 8.87. The molecule has 0 radical (unpaired) electrons. The van der Waals surface area contributed by atoms with E-state index in [4.69, 9.17) is 5.73 Å². The van der Waals surface area contributed by atoms with Gasteiger partial charge in [0.05, 0.1) is 17.7 Å². The fourth-order valence-corrected chi connectivity index (χ4v) is 6.10. The van der Waals surface area contributed by atoms with Gasteiger partial charge in [-0.2, -0.15) is 0 Å². The van der Waals surface area contributed by atoms with E-state index in [1.807, 2.05) is 0 Å². The molecule has 1 saturated heterocycles. The van der Waals surface area contributed by atoms with Crippen molar-refractivity contribution < 1.29 is 18.0 Å². The summed E-state index contributed by atoms with van der Waals surface area (Å²) in [5, 5.41) is 3.38. The molecule has 2 heterocycles. The molecule has 2 aliphatic rings. The lowest BCUT2D eigenvalue weighted by molar-refractivity contribution is -0.120. The number of piperidine rings is 1. The molecule has 0 saturated carbocycles. The number of sulfonamides is 1. The molecule has 2 amide bonds. The topological polar surface area (TPSA) is 110 Å². The largest absolute Gasteiger partial charge is 0.365 e. The number of primary amides is 1. The van der Waals surface area contributed by atoms with E-state index >= 15 is 0 Å². The number of fused-ring (bicyclic) bond motifs is 1. The van der Waals surface area contributed by atoms with Gasteiger partial charge in [-0.25, -0.2) is 12.7 Å². The first kappa shape index (κ1) is 19.3. The number of carbonyl (C=O) groups excluding carboxylic acids is 2. The lowest BCUT2D eigenvalue weighted by Crippen LogP contribution is -2.43. The summed E-state index contributed by atoms with van der Waals surface area (Å²) in [4.78, 5) is 25.8. The highest BCUT2D eigenvalue weighted by molar-refractivity contribution is 7.88. The first-order valence-corrected chi connectivity index (χ1v) is 11.5. The van der Waals surface area contributed by atoms with Gasteiger partial charge in [-0.3, -0.25) is 9.59 Å². The Hall–Kier alpha value is -1.45. The van der Waals surface area contributed by atoms with Crippen LogP contribution in [0.2, 0.25) is 0 Å². The molecule has 0 unspecified atom stereocenters. The number of amides is 2. The quantitative estimate of drug-likeness (QED) is 0.801. The van der Waals surface area contributed by atoms with Crippen molar-refractivity contribution in [3.8, 4) is 0 Å². The molecule has 0 aromatic carbocycles. The Morgan fingerprint density at radius 3 is 2.69 bits per heavy atom. The van der Waals surface area contributed by atoms with Crippen LogP contribution in [0.15, 0.2) is 0 Å². The van der Waals surface area contributed by atoms with Gasteiger partial charge in [0.15, 0.2) is 0 Å². The summed E-state index contributed by atoms with van der Waals surface area (Å²) >= 11 is 1.43. The van der Waals surface area contributed by atoms with E-state index in [0.29, 0.717) is 35.9 Å². The summed E-state index contributed by atoms with van der Waals surface area (Å²) in [5.74, 6) is -0.634. The summed E-state index contributed by atoms with van der Waals surface area (Å²) in [7, 11) is -3.31. The highest BCUT2D eigenvalue weighted by Crippen LogP contribution is 2.39. The van der Waals surface area contributed by atoms with Gasteiger partial charge >= 0.3 is 0 Å². The van der Waals surface area contributed by atoms with Crippen molar-refractivity contribution in [2.24, 2.45) is 17.6 Å². The van der Waals surface area contributed by atoms with E-state index in [0.717, 1.165) is 36.0 Å². The molecule has 3 N–H and O–H groups in total. The first-order chi connectivity index (χ1) is 12.2. The predicted octanol–water partition coefficient (Wildman–Crippen LogP) is 1.58. The molecule has 1 aromatic rings. The Balaban J connectivity index is 1.80. The molecule has 9 heteroatoms. The van der Waals surface area contributed by atoms with E-state index in [1.165, 1.54) is 15.6 Å². The van der Waals surface area contributed by atoms with E-state index in [2.05, 4.69) is 12.2 Å². The second kappa shape index (κ2) is 7.28. The van der Waals surface area contributed by atoms with Crippen LogP contribution in [0.4, 0.5) is 5.00 Å². The average Bonchev–Trinajstić information content (AvgIpc) is 2.91. The maximum atomic E-state index is 12.7. The zero-order valence-corrected chi connectivity index (χ0v) is 16.7. The molecule has 7 nitrogen and oxygen atoms in total. The van der Waals surface area contributed by atoms with Gasteiger partial charge in [0.2, 0.25) is 15.9 Å². The molecule has 3 rings (SSSR count). The number of nitrogens with one attached hydrogen (secondary N) is 1. The molecule has 2 atom stereocenters. The van der Waals surface area contributed by atoms with Crippen molar-refractivity contribution in [1.29, 1.82) is 0 Å².